The molecule has 2 atom stereocenters. The molecule has 142 valence electrons. The van der Waals surface area contributed by atoms with Crippen LogP contribution in [-0.4, -0.2) is 24.2 Å². The van der Waals surface area contributed by atoms with Crippen LogP contribution in [0, 0.1) is 5.82 Å². The van der Waals surface area contributed by atoms with Crippen LogP contribution in [0.5, 0.6) is 0 Å². The highest BCUT2D eigenvalue weighted by atomic mass is 79.9. The van der Waals surface area contributed by atoms with Crippen LogP contribution in [0.2, 0.25) is 0 Å². The zero-order chi connectivity index (χ0) is 19.9. The van der Waals surface area contributed by atoms with Gasteiger partial charge in [0.1, 0.15) is 5.82 Å². The number of nitrogens with zero attached hydrogens (tertiary/aromatic N) is 1. The molecule has 1 aliphatic heterocycles. The van der Waals surface area contributed by atoms with E-state index < -0.39 is 23.4 Å². The Bertz CT molecular complexity index is 1030. The summed E-state index contributed by atoms with van der Waals surface area (Å²) in [7, 11) is 1.39. The van der Waals surface area contributed by atoms with Crippen molar-refractivity contribution in [2.75, 3.05) is 12.0 Å². The molecule has 0 saturated heterocycles. The highest BCUT2D eigenvalue weighted by Gasteiger charge is 2.53. The molecule has 0 fully saturated rings. The second-order valence-electron chi connectivity index (χ2n) is 6.53. The molecule has 3 aromatic carbocycles. The zero-order valence-corrected chi connectivity index (χ0v) is 16.6. The molecule has 0 radical (unpaired) electrons. The molecule has 4 rings (SSSR count). The first kappa shape index (κ1) is 18.8. The number of amides is 1. The lowest BCUT2D eigenvalue weighted by Crippen LogP contribution is -2.56. The lowest BCUT2D eigenvalue weighted by atomic mass is 9.77. The van der Waals surface area contributed by atoms with E-state index in [1.54, 1.807) is 42.5 Å². The molecule has 1 heterocycles. The number of fused-ring (bicyclic) bond motifs is 1. The van der Waals surface area contributed by atoms with E-state index in [0.29, 0.717) is 27.0 Å². The van der Waals surface area contributed by atoms with Gasteiger partial charge in [0.25, 0.3) is 5.91 Å². The summed E-state index contributed by atoms with van der Waals surface area (Å²) in [6, 6.07) is 19.9. The van der Waals surface area contributed by atoms with Crippen molar-refractivity contribution >= 4 is 33.2 Å². The average molecular weight is 442 g/mol. The summed E-state index contributed by atoms with van der Waals surface area (Å²) in [5, 5.41) is 11.9. The molecule has 1 aliphatic rings. The minimum absolute atomic E-state index is 0.397. The monoisotopic (exact) mass is 441 g/mol. The maximum Gasteiger partial charge on any atom is 0.264 e. The van der Waals surface area contributed by atoms with Crippen LogP contribution in [0.3, 0.4) is 0 Å². The summed E-state index contributed by atoms with van der Waals surface area (Å²) >= 11 is 3.53. The molecule has 0 bridgehead atoms. The first-order valence-electron chi connectivity index (χ1n) is 8.67. The molecule has 0 saturated carbocycles. The second kappa shape index (κ2) is 7.13. The van der Waals surface area contributed by atoms with Gasteiger partial charge in [-0.15, -0.1) is 0 Å². The number of hydrogen-bond acceptors (Lipinski definition) is 3. The van der Waals surface area contributed by atoms with E-state index in [1.807, 2.05) is 6.07 Å². The molecule has 28 heavy (non-hydrogen) atoms. The highest BCUT2D eigenvalue weighted by Crippen LogP contribution is 2.49. The number of halogens is 2. The summed E-state index contributed by atoms with van der Waals surface area (Å²) in [4.78, 5) is 14.9. The zero-order valence-electron chi connectivity index (χ0n) is 15.0. The van der Waals surface area contributed by atoms with Gasteiger partial charge in [-0.3, -0.25) is 9.69 Å². The number of anilines is 2. The van der Waals surface area contributed by atoms with Crippen molar-refractivity contribution in [1.82, 2.24) is 0 Å². The summed E-state index contributed by atoms with van der Waals surface area (Å²) in [6.07, 6.45) is -1.19. The standard InChI is InChI=1S/C22H17BrFNO3/c1-28-20-21(26)25(16-12-10-15(24)11-13-16)18-9-5-8-17(23)19(18)22(20,27)14-6-3-2-4-7-14/h2-13,20,27H,1H3. The van der Waals surface area contributed by atoms with Crippen molar-refractivity contribution in [1.29, 1.82) is 0 Å². The normalized spacial score (nSPS) is 21.5. The first-order valence-corrected chi connectivity index (χ1v) is 9.47. The Morgan fingerprint density at radius 1 is 1.04 bits per heavy atom. The minimum atomic E-state index is -1.70. The number of hydrogen-bond donors (Lipinski definition) is 1. The van der Waals surface area contributed by atoms with Gasteiger partial charge in [-0.05, 0) is 42.0 Å². The van der Waals surface area contributed by atoms with Gasteiger partial charge < -0.3 is 9.84 Å². The van der Waals surface area contributed by atoms with Crippen molar-refractivity contribution in [3.8, 4) is 0 Å². The van der Waals surface area contributed by atoms with E-state index in [9.17, 15) is 14.3 Å². The van der Waals surface area contributed by atoms with E-state index in [4.69, 9.17) is 4.74 Å². The second-order valence-corrected chi connectivity index (χ2v) is 7.39. The predicted molar refractivity (Wildman–Crippen MR) is 108 cm³/mol. The Balaban J connectivity index is 2.02. The SMILES string of the molecule is COC1C(=O)N(c2ccc(F)cc2)c2cccc(Br)c2C1(O)c1ccccc1. The smallest absolute Gasteiger partial charge is 0.264 e. The van der Waals surface area contributed by atoms with Gasteiger partial charge in [0, 0.05) is 22.8 Å². The molecule has 0 aliphatic carbocycles. The predicted octanol–water partition coefficient (Wildman–Crippen LogP) is 4.52. The van der Waals surface area contributed by atoms with Crippen molar-refractivity contribution in [3.63, 3.8) is 0 Å². The van der Waals surface area contributed by atoms with E-state index in [1.165, 1.54) is 36.3 Å². The number of benzene rings is 3. The minimum Gasteiger partial charge on any atom is -0.377 e. The number of carbonyl (C=O) groups excluding carboxylic acids is 1. The molecule has 0 spiro atoms. The van der Waals surface area contributed by atoms with Crippen LogP contribution in [0.4, 0.5) is 15.8 Å². The van der Waals surface area contributed by atoms with E-state index in [0.717, 1.165) is 0 Å². The summed E-state index contributed by atoms with van der Waals surface area (Å²) in [5.41, 5.74) is 0.353. The Kier molecular flexibility index (Phi) is 4.79. The number of ether oxygens (including phenoxy) is 1. The van der Waals surface area contributed by atoms with Crippen LogP contribution in [-0.2, 0) is 15.1 Å². The van der Waals surface area contributed by atoms with Crippen molar-refractivity contribution in [2.24, 2.45) is 0 Å². The molecule has 2 unspecified atom stereocenters. The van der Waals surface area contributed by atoms with Crippen molar-refractivity contribution in [2.45, 2.75) is 11.7 Å². The van der Waals surface area contributed by atoms with Crippen LogP contribution >= 0.6 is 15.9 Å². The Hall–Kier alpha value is -2.54. The Labute approximate surface area is 170 Å². The van der Waals surface area contributed by atoms with Gasteiger partial charge in [-0.25, -0.2) is 4.39 Å². The van der Waals surface area contributed by atoms with E-state index in [-0.39, 0.29) is 0 Å². The molecule has 4 nitrogen and oxygen atoms in total. The van der Waals surface area contributed by atoms with Crippen LogP contribution in [0.15, 0.2) is 77.3 Å². The van der Waals surface area contributed by atoms with Gasteiger partial charge in [-0.2, -0.15) is 0 Å². The van der Waals surface area contributed by atoms with Crippen molar-refractivity contribution < 1.29 is 19.0 Å². The largest absolute Gasteiger partial charge is 0.377 e. The fourth-order valence-corrected chi connectivity index (χ4v) is 4.40. The number of carbonyl (C=O) groups is 1. The summed E-state index contributed by atoms with van der Waals surface area (Å²) in [5.74, 6) is -0.835. The Morgan fingerprint density at radius 2 is 1.71 bits per heavy atom. The fraction of sp³-hybridized carbons (Fsp3) is 0.136. The van der Waals surface area contributed by atoms with Gasteiger partial charge in [0.2, 0.25) is 0 Å². The lowest BCUT2D eigenvalue weighted by molar-refractivity contribution is -0.144. The van der Waals surface area contributed by atoms with Gasteiger partial charge in [-0.1, -0.05) is 52.3 Å². The third-order valence-electron chi connectivity index (χ3n) is 4.97. The molecule has 3 aromatic rings. The molecule has 6 heteroatoms. The molecular formula is C22H17BrFNO3. The number of aliphatic hydroxyl groups is 1. The molecule has 1 N–H and O–H groups in total. The van der Waals surface area contributed by atoms with Crippen LogP contribution in [0.1, 0.15) is 11.1 Å². The first-order chi connectivity index (χ1) is 13.5. The lowest BCUT2D eigenvalue weighted by Gasteiger charge is -2.44. The van der Waals surface area contributed by atoms with Crippen LogP contribution in [0.25, 0.3) is 0 Å². The molecule has 1 amide bonds. The van der Waals surface area contributed by atoms with E-state index in [2.05, 4.69) is 15.9 Å². The third-order valence-corrected chi connectivity index (χ3v) is 5.63. The number of methoxy groups -OCH3 is 1. The topological polar surface area (TPSA) is 49.8 Å². The summed E-state index contributed by atoms with van der Waals surface area (Å²) < 4.78 is 19.6. The molecule has 0 aromatic heterocycles. The number of rotatable bonds is 3. The fourth-order valence-electron chi connectivity index (χ4n) is 3.74. The van der Waals surface area contributed by atoms with Gasteiger partial charge in [0.15, 0.2) is 11.7 Å². The maximum atomic E-state index is 13.4. The third kappa shape index (κ3) is 2.76. The van der Waals surface area contributed by atoms with Crippen LogP contribution < -0.4 is 4.90 Å². The van der Waals surface area contributed by atoms with E-state index >= 15 is 0 Å². The van der Waals surface area contributed by atoms with Gasteiger partial charge in [0.05, 0.1) is 5.69 Å². The highest BCUT2D eigenvalue weighted by molar-refractivity contribution is 9.10. The molecular weight excluding hydrogens is 425 g/mol. The Morgan fingerprint density at radius 3 is 2.36 bits per heavy atom. The maximum absolute atomic E-state index is 13.4. The quantitative estimate of drug-likeness (QED) is 0.649. The van der Waals surface area contributed by atoms with Crippen molar-refractivity contribution in [3.05, 3.63) is 94.2 Å². The average Bonchev–Trinajstić information content (AvgIpc) is 2.70. The van der Waals surface area contributed by atoms with Gasteiger partial charge >= 0.3 is 0 Å². The summed E-state index contributed by atoms with van der Waals surface area (Å²) in [6.45, 7) is 0.